The first kappa shape index (κ1) is 17.2. The minimum Gasteiger partial charge on any atom is -0.465 e. The van der Waals surface area contributed by atoms with E-state index in [2.05, 4.69) is 16.4 Å². The average Bonchev–Trinajstić information content (AvgIpc) is 2.61. The number of halogens is 1. The molecule has 1 aromatic heterocycles. The van der Waals surface area contributed by atoms with Gasteiger partial charge in [0.25, 0.3) is 0 Å². The van der Waals surface area contributed by atoms with Crippen LogP contribution >= 0.6 is 11.6 Å². The van der Waals surface area contributed by atoms with Gasteiger partial charge in [-0.1, -0.05) is 29.8 Å². The number of nitrogens with zero attached hydrogens (tertiary/aromatic N) is 1. The molecule has 1 aromatic carbocycles. The fourth-order valence-electron chi connectivity index (χ4n) is 3.12. The second-order valence-electron chi connectivity index (χ2n) is 5.93. The first-order chi connectivity index (χ1) is 12.0. The van der Waals surface area contributed by atoms with E-state index in [1.54, 1.807) is 18.3 Å². The molecule has 0 saturated carbocycles. The predicted octanol–water partition coefficient (Wildman–Crippen LogP) is 4.54. The topological polar surface area (TPSA) is 51.2 Å². The van der Waals surface area contributed by atoms with Crippen molar-refractivity contribution in [1.29, 1.82) is 0 Å². The minimum absolute atomic E-state index is 0.0307. The maximum absolute atomic E-state index is 12.2. The van der Waals surface area contributed by atoms with E-state index in [1.165, 1.54) is 7.11 Å². The maximum Gasteiger partial charge on any atom is 0.340 e. The van der Waals surface area contributed by atoms with Gasteiger partial charge in [-0.3, -0.25) is 4.98 Å². The van der Waals surface area contributed by atoms with Crippen LogP contribution in [0.4, 0.5) is 0 Å². The van der Waals surface area contributed by atoms with Crippen molar-refractivity contribution in [3.8, 4) is 0 Å². The molecule has 5 heteroatoms. The van der Waals surface area contributed by atoms with Gasteiger partial charge in [-0.2, -0.15) is 0 Å². The zero-order chi connectivity index (χ0) is 18.0. The van der Waals surface area contributed by atoms with Gasteiger partial charge in [0.1, 0.15) is 0 Å². The van der Waals surface area contributed by atoms with Crippen LogP contribution in [0.1, 0.15) is 41.4 Å². The summed E-state index contributed by atoms with van der Waals surface area (Å²) in [6.07, 6.45) is 3.81. The molecule has 0 fully saturated rings. The van der Waals surface area contributed by atoms with Gasteiger partial charge in [0.2, 0.25) is 0 Å². The molecule has 0 saturated heterocycles. The molecule has 25 heavy (non-hydrogen) atoms. The third-order valence-corrected chi connectivity index (χ3v) is 4.47. The van der Waals surface area contributed by atoms with Crippen molar-refractivity contribution in [2.24, 2.45) is 0 Å². The molecule has 0 amide bonds. The van der Waals surface area contributed by atoms with Crippen molar-refractivity contribution in [3.05, 3.63) is 81.9 Å². The Labute approximate surface area is 152 Å². The Balaban J connectivity index is 2.17. The number of aromatic nitrogens is 1. The van der Waals surface area contributed by atoms with Crippen molar-refractivity contribution >= 4 is 23.1 Å². The highest BCUT2D eigenvalue weighted by atomic mass is 35.5. The van der Waals surface area contributed by atoms with E-state index in [-0.39, 0.29) is 5.92 Å². The number of esters is 1. The molecule has 1 unspecified atom stereocenters. The molecule has 3 rings (SSSR count). The van der Waals surface area contributed by atoms with Gasteiger partial charge in [0.05, 0.1) is 18.4 Å². The Kier molecular flexibility index (Phi) is 4.91. The zero-order valence-electron chi connectivity index (χ0n) is 14.3. The summed E-state index contributed by atoms with van der Waals surface area (Å²) in [5.41, 5.74) is 5.13. The summed E-state index contributed by atoms with van der Waals surface area (Å²) in [6.45, 7) is 4.01. The molecule has 2 heterocycles. The third-order valence-electron chi connectivity index (χ3n) is 4.21. The lowest BCUT2D eigenvalue weighted by atomic mass is 9.83. The van der Waals surface area contributed by atoms with Crippen LogP contribution in [-0.4, -0.2) is 18.1 Å². The lowest BCUT2D eigenvalue weighted by molar-refractivity contribution is 0.0600. The van der Waals surface area contributed by atoms with Crippen molar-refractivity contribution in [1.82, 2.24) is 10.3 Å². The van der Waals surface area contributed by atoms with E-state index in [1.807, 2.05) is 38.1 Å². The molecule has 0 radical (unpaired) electrons. The first-order valence-electron chi connectivity index (χ1n) is 7.96. The van der Waals surface area contributed by atoms with Crippen molar-refractivity contribution in [2.75, 3.05) is 7.11 Å². The Morgan fingerprint density at radius 1 is 1.20 bits per heavy atom. The molecule has 1 atom stereocenters. The van der Waals surface area contributed by atoms with Crippen LogP contribution in [-0.2, 0) is 4.74 Å². The predicted molar refractivity (Wildman–Crippen MR) is 99.3 cm³/mol. The second-order valence-corrected chi connectivity index (χ2v) is 6.37. The van der Waals surface area contributed by atoms with E-state index in [0.717, 1.165) is 22.5 Å². The average molecular weight is 355 g/mol. The largest absolute Gasteiger partial charge is 0.465 e. The van der Waals surface area contributed by atoms with Gasteiger partial charge in [-0.25, -0.2) is 4.79 Å². The molecule has 0 aliphatic carbocycles. The van der Waals surface area contributed by atoms with Crippen LogP contribution < -0.4 is 5.32 Å². The van der Waals surface area contributed by atoms with Crippen molar-refractivity contribution in [2.45, 2.75) is 19.8 Å². The second kappa shape index (κ2) is 7.11. The van der Waals surface area contributed by atoms with E-state index in [4.69, 9.17) is 16.3 Å². The number of nitrogens with one attached hydrogen (secondary N) is 1. The van der Waals surface area contributed by atoms with E-state index in [9.17, 15) is 4.79 Å². The van der Waals surface area contributed by atoms with Gasteiger partial charge in [0.15, 0.2) is 0 Å². The van der Waals surface area contributed by atoms with Crippen LogP contribution in [0.15, 0.2) is 60.1 Å². The highest BCUT2D eigenvalue weighted by Gasteiger charge is 2.27. The molecule has 4 nitrogen and oxygen atoms in total. The Hall–Kier alpha value is -2.59. The third kappa shape index (κ3) is 3.44. The maximum atomic E-state index is 12.2. The molecule has 1 aliphatic heterocycles. The van der Waals surface area contributed by atoms with Crippen LogP contribution in [0.2, 0.25) is 5.02 Å². The zero-order valence-corrected chi connectivity index (χ0v) is 15.1. The summed E-state index contributed by atoms with van der Waals surface area (Å²) in [7, 11) is 1.38. The van der Waals surface area contributed by atoms with E-state index in [0.29, 0.717) is 16.3 Å². The number of dihydropyridines is 1. The van der Waals surface area contributed by atoms with Gasteiger partial charge in [-0.15, -0.1) is 0 Å². The number of rotatable bonds is 3. The number of allylic oxidation sites excluding steroid dienone is 4. The highest BCUT2D eigenvalue weighted by Crippen LogP contribution is 2.39. The van der Waals surface area contributed by atoms with E-state index < -0.39 is 5.97 Å². The van der Waals surface area contributed by atoms with Crippen LogP contribution in [0, 0.1) is 0 Å². The molecular weight excluding hydrogens is 336 g/mol. The summed E-state index contributed by atoms with van der Waals surface area (Å²) in [6, 6.07) is 11.2. The smallest absolute Gasteiger partial charge is 0.340 e. The first-order valence-corrected chi connectivity index (χ1v) is 8.34. The number of hydrogen-bond acceptors (Lipinski definition) is 4. The van der Waals surface area contributed by atoms with Crippen molar-refractivity contribution in [3.63, 3.8) is 0 Å². The molecule has 128 valence electrons. The van der Waals surface area contributed by atoms with Crippen molar-refractivity contribution < 1.29 is 9.53 Å². The lowest BCUT2D eigenvalue weighted by Crippen LogP contribution is -2.21. The number of carbonyl (C=O) groups is 1. The monoisotopic (exact) mass is 354 g/mol. The van der Waals surface area contributed by atoms with Gasteiger partial charge in [0, 0.05) is 34.1 Å². The molecule has 2 aromatic rings. The summed E-state index contributed by atoms with van der Waals surface area (Å²) < 4.78 is 4.93. The van der Waals surface area contributed by atoms with Gasteiger partial charge >= 0.3 is 5.97 Å². The minimum atomic E-state index is -0.399. The van der Waals surface area contributed by atoms with Gasteiger partial charge < -0.3 is 10.1 Å². The fourth-order valence-corrected chi connectivity index (χ4v) is 3.25. The molecular formula is C20H19ClN2O2. The summed E-state index contributed by atoms with van der Waals surface area (Å²) in [5, 5.41) is 4.03. The normalized spacial score (nSPS) is 17.0. The molecule has 1 aliphatic rings. The fraction of sp³-hybridized carbons (Fsp3) is 0.200. The quantitative estimate of drug-likeness (QED) is 0.822. The summed E-state index contributed by atoms with van der Waals surface area (Å²) in [5.74, 6) is -0.429. The number of benzene rings is 1. The molecule has 1 N–H and O–H groups in total. The Morgan fingerprint density at radius 3 is 2.60 bits per heavy atom. The number of hydrogen-bond donors (Lipinski definition) is 1. The summed E-state index contributed by atoms with van der Waals surface area (Å²) in [4.78, 5) is 16.7. The lowest BCUT2D eigenvalue weighted by Gasteiger charge is -2.27. The highest BCUT2D eigenvalue weighted by molar-refractivity contribution is 6.30. The van der Waals surface area contributed by atoms with Crippen LogP contribution in [0.5, 0.6) is 0 Å². The Bertz CT molecular complexity index is 870. The molecule has 0 bridgehead atoms. The standard InChI is InChI=1S/C20H19ClN2O2/c1-12-11-17(14-6-8-15(21)9-7-14)18(13(2)23-12)19-16(20(24)25-3)5-4-10-22-19/h4-11,17,23H,1-3H3. The SMILES string of the molecule is COC(=O)c1cccnc1C1=C(C)NC(C)=CC1c1ccc(Cl)cc1. The number of ether oxygens (including phenoxy) is 1. The van der Waals surface area contributed by atoms with Crippen LogP contribution in [0.3, 0.4) is 0 Å². The number of carbonyl (C=O) groups excluding carboxylic acids is 1. The number of methoxy groups -OCH3 is 1. The Morgan fingerprint density at radius 2 is 1.92 bits per heavy atom. The van der Waals surface area contributed by atoms with Crippen LogP contribution in [0.25, 0.3) is 5.57 Å². The summed E-state index contributed by atoms with van der Waals surface area (Å²) >= 11 is 6.03. The number of pyridine rings is 1. The molecule has 0 spiro atoms. The van der Waals surface area contributed by atoms with Gasteiger partial charge in [-0.05, 0) is 43.7 Å². The van der Waals surface area contributed by atoms with E-state index >= 15 is 0 Å².